The molecule has 0 bridgehead atoms. The van der Waals surface area contributed by atoms with Gasteiger partial charge in [0.15, 0.2) is 11.5 Å². The topological polar surface area (TPSA) is 69.7 Å². The van der Waals surface area contributed by atoms with Gasteiger partial charge in [-0.25, -0.2) is 0 Å². The molecule has 1 N–H and O–H groups in total. The summed E-state index contributed by atoms with van der Waals surface area (Å²) in [7, 11) is 1.58. The number of carbonyl (C=O) groups excluding carboxylic acids is 1. The maximum atomic E-state index is 12.7. The van der Waals surface area contributed by atoms with E-state index in [1.807, 2.05) is 72.8 Å². The molecule has 0 atom stereocenters. The van der Waals surface area contributed by atoms with Crippen molar-refractivity contribution in [2.24, 2.45) is 0 Å². The first-order valence-corrected chi connectivity index (χ1v) is 10.9. The Bertz CT molecular complexity index is 1150. The summed E-state index contributed by atoms with van der Waals surface area (Å²) in [6, 6.07) is 28.7. The molecule has 0 aliphatic rings. The van der Waals surface area contributed by atoms with Gasteiger partial charge in [0, 0.05) is 29.7 Å². The molecule has 0 aliphatic carbocycles. The van der Waals surface area contributed by atoms with Gasteiger partial charge in [0.1, 0.15) is 19.3 Å². The van der Waals surface area contributed by atoms with Crippen molar-refractivity contribution in [3.05, 3.63) is 120 Å². The number of carbonyl (C=O) groups is 1. The third kappa shape index (κ3) is 6.21. The van der Waals surface area contributed by atoms with Crippen LogP contribution in [0.25, 0.3) is 0 Å². The summed E-state index contributed by atoms with van der Waals surface area (Å²) < 4.78 is 17.3. The van der Waals surface area contributed by atoms with Crippen LogP contribution in [-0.4, -0.2) is 24.6 Å². The van der Waals surface area contributed by atoms with Crippen molar-refractivity contribution >= 4 is 11.6 Å². The average molecular weight is 455 g/mol. The average Bonchev–Trinajstić information content (AvgIpc) is 2.89. The first-order chi connectivity index (χ1) is 16.7. The lowest BCUT2D eigenvalue weighted by Gasteiger charge is -2.19. The fourth-order valence-electron chi connectivity index (χ4n) is 3.51. The van der Waals surface area contributed by atoms with Gasteiger partial charge in [0.25, 0.3) is 0 Å². The predicted molar refractivity (Wildman–Crippen MR) is 131 cm³/mol. The third-order valence-corrected chi connectivity index (χ3v) is 5.15. The molecule has 0 spiro atoms. The van der Waals surface area contributed by atoms with E-state index in [1.165, 1.54) is 0 Å². The molecule has 6 heteroatoms. The first kappa shape index (κ1) is 23.0. The van der Waals surface area contributed by atoms with Crippen LogP contribution in [-0.2, 0) is 16.1 Å². The Morgan fingerprint density at radius 1 is 0.882 bits per heavy atom. The number of ether oxygens (including phenoxy) is 3. The van der Waals surface area contributed by atoms with E-state index in [2.05, 4.69) is 10.3 Å². The second kappa shape index (κ2) is 11.6. The van der Waals surface area contributed by atoms with Crippen LogP contribution in [0, 0.1) is 0 Å². The number of hydrogen-bond acceptors (Lipinski definition) is 5. The summed E-state index contributed by atoms with van der Waals surface area (Å²) in [6.45, 7) is 0.229. The highest BCUT2D eigenvalue weighted by molar-refractivity contribution is 5.92. The molecule has 4 rings (SSSR count). The monoisotopic (exact) mass is 454 g/mol. The quantitative estimate of drug-likeness (QED) is 0.347. The molecule has 0 radical (unpaired) electrons. The normalized spacial score (nSPS) is 10.6. The van der Waals surface area contributed by atoms with Crippen LogP contribution in [0.5, 0.6) is 11.5 Å². The molecule has 3 aromatic carbocycles. The Balaban J connectivity index is 1.41. The van der Waals surface area contributed by atoms with Gasteiger partial charge in [0.05, 0.1) is 7.11 Å². The minimum absolute atomic E-state index is 0.105. The van der Waals surface area contributed by atoms with Gasteiger partial charge in [-0.15, -0.1) is 0 Å². The number of anilines is 1. The number of amides is 1. The highest BCUT2D eigenvalue weighted by Crippen LogP contribution is 2.31. The van der Waals surface area contributed by atoms with Crippen LogP contribution >= 0.6 is 0 Å². The van der Waals surface area contributed by atoms with Crippen LogP contribution in [0.15, 0.2) is 103 Å². The Hall–Kier alpha value is -4.16. The van der Waals surface area contributed by atoms with Crippen LogP contribution in [0.4, 0.5) is 5.69 Å². The second-order valence-corrected chi connectivity index (χ2v) is 7.58. The number of benzene rings is 3. The number of hydrogen-bond donors (Lipinski definition) is 1. The third-order valence-electron chi connectivity index (χ3n) is 5.15. The number of rotatable bonds is 10. The van der Waals surface area contributed by atoms with E-state index in [-0.39, 0.29) is 18.6 Å². The summed E-state index contributed by atoms with van der Waals surface area (Å²) in [5.41, 5.74) is 3.49. The smallest absolute Gasteiger partial charge is 0.250 e. The number of nitrogens with zero attached hydrogens (tertiary/aromatic N) is 1. The standard InChI is InChI=1S/C28H26N2O4/c1-32-25-15-14-24(17-26(25)33-19-21-9-8-16-29-18-21)30-27(31)20-34-28(22-10-4-2-5-11-22)23-12-6-3-7-13-23/h2-18,28H,19-20H2,1H3,(H,30,31). The molecule has 4 aromatic rings. The molecule has 6 nitrogen and oxygen atoms in total. The van der Waals surface area contributed by atoms with E-state index in [9.17, 15) is 4.79 Å². The molecular weight excluding hydrogens is 428 g/mol. The van der Waals surface area contributed by atoms with E-state index in [1.54, 1.807) is 37.7 Å². The van der Waals surface area contributed by atoms with Crippen molar-refractivity contribution in [3.8, 4) is 11.5 Å². The van der Waals surface area contributed by atoms with Crippen molar-refractivity contribution in [2.45, 2.75) is 12.7 Å². The van der Waals surface area contributed by atoms with Crippen molar-refractivity contribution in [1.29, 1.82) is 0 Å². The van der Waals surface area contributed by atoms with E-state index in [0.29, 0.717) is 23.8 Å². The highest BCUT2D eigenvalue weighted by Gasteiger charge is 2.17. The van der Waals surface area contributed by atoms with Crippen molar-refractivity contribution in [1.82, 2.24) is 4.98 Å². The van der Waals surface area contributed by atoms with Crippen LogP contribution in [0.2, 0.25) is 0 Å². The fraction of sp³-hybridized carbons (Fsp3) is 0.143. The number of aromatic nitrogens is 1. The lowest BCUT2D eigenvalue weighted by molar-refractivity contribution is -0.121. The lowest BCUT2D eigenvalue weighted by Crippen LogP contribution is -2.20. The SMILES string of the molecule is COc1ccc(NC(=O)COC(c2ccccc2)c2ccccc2)cc1OCc1cccnc1. The molecular formula is C28H26N2O4. The van der Waals surface area contributed by atoms with Gasteiger partial charge in [-0.3, -0.25) is 9.78 Å². The molecule has 0 fully saturated rings. The zero-order valence-electron chi connectivity index (χ0n) is 18.9. The van der Waals surface area contributed by atoms with Gasteiger partial charge in [-0.05, 0) is 29.3 Å². The summed E-state index contributed by atoms with van der Waals surface area (Å²) >= 11 is 0. The highest BCUT2D eigenvalue weighted by atomic mass is 16.5. The molecule has 0 aliphatic heterocycles. The van der Waals surface area contributed by atoms with Crippen LogP contribution < -0.4 is 14.8 Å². The molecule has 0 saturated carbocycles. The van der Waals surface area contributed by atoms with Crippen molar-refractivity contribution < 1.29 is 19.0 Å². The fourth-order valence-corrected chi connectivity index (χ4v) is 3.51. The first-order valence-electron chi connectivity index (χ1n) is 10.9. The summed E-state index contributed by atoms with van der Waals surface area (Å²) in [4.78, 5) is 16.8. The van der Waals surface area contributed by atoms with Crippen LogP contribution in [0.3, 0.4) is 0 Å². The maximum Gasteiger partial charge on any atom is 0.250 e. The summed E-state index contributed by atoms with van der Waals surface area (Å²) in [5.74, 6) is 0.836. The summed E-state index contributed by atoms with van der Waals surface area (Å²) in [5, 5.41) is 2.88. The van der Waals surface area contributed by atoms with Gasteiger partial charge in [0.2, 0.25) is 5.91 Å². The zero-order valence-corrected chi connectivity index (χ0v) is 18.9. The Labute approximate surface area is 199 Å². The molecule has 0 unspecified atom stereocenters. The maximum absolute atomic E-state index is 12.7. The molecule has 0 saturated heterocycles. The Morgan fingerprint density at radius 2 is 1.59 bits per heavy atom. The van der Waals surface area contributed by atoms with Gasteiger partial charge < -0.3 is 19.5 Å². The number of pyridine rings is 1. The Morgan fingerprint density at radius 3 is 2.21 bits per heavy atom. The van der Waals surface area contributed by atoms with Gasteiger partial charge >= 0.3 is 0 Å². The van der Waals surface area contributed by atoms with E-state index in [0.717, 1.165) is 16.7 Å². The molecule has 1 amide bonds. The van der Waals surface area contributed by atoms with E-state index < -0.39 is 0 Å². The molecule has 1 aromatic heterocycles. The van der Waals surface area contributed by atoms with Crippen LogP contribution in [0.1, 0.15) is 22.8 Å². The largest absolute Gasteiger partial charge is 0.493 e. The van der Waals surface area contributed by atoms with Gasteiger partial charge in [-0.2, -0.15) is 0 Å². The minimum atomic E-state index is -0.345. The number of nitrogens with one attached hydrogen (secondary N) is 1. The summed E-state index contributed by atoms with van der Waals surface area (Å²) in [6.07, 6.45) is 3.11. The minimum Gasteiger partial charge on any atom is -0.493 e. The molecule has 34 heavy (non-hydrogen) atoms. The van der Waals surface area contributed by atoms with E-state index >= 15 is 0 Å². The second-order valence-electron chi connectivity index (χ2n) is 7.58. The number of methoxy groups -OCH3 is 1. The Kier molecular flexibility index (Phi) is 7.87. The van der Waals surface area contributed by atoms with Crippen molar-refractivity contribution in [2.75, 3.05) is 19.0 Å². The van der Waals surface area contributed by atoms with E-state index in [4.69, 9.17) is 14.2 Å². The zero-order chi connectivity index (χ0) is 23.6. The predicted octanol–water partition coefficient (Wildman–Crippen LogP) is 5.41. The molecule has 1 heterocycles. The lowest BCUT2D eigenvalue weighted by atomic mass is 10.0. The van der Waals surface area contributed by atoms with Crippen molar-refractivity contribution in [3.63, 3.8) is 0 Å². The van der Waals surface area contributed by atoms with Gasteiger partial charge in [-0.1, -0.05) is 66.7 Å². The molecule has 172 valence electrons.